The quantitative estimate of drug-likeness (QED) is 0.496. The van der Waals surface area contributed by atoms with Crippen molar-refractivity contribution in [3.05, 3.63) is 48.3 Å². The Morgan fingerprint density at radius 1 is 0.931 bits per heavy atom. The van der Waals surface area contributed by atoms with Gasteiger partial charge in [0, 0.05) is 6.07 Å². The maximum atomic E-state index is 5.62. The fourth-order valence-electron chi connectivity index (χ4n) is 3.14. The highest BCUT2D eigenvalue weighted by Crippen LogP contribution is 2.37. The first-order chi connectivity index (χ1) is 14.2. The second-order valence-electron chi connectivity index (χ2n) is 6.23. The molecule has 0 aliphatic rings. The minimum Gasteiger partial charge on any atom is -0.494 e. The molecule has 0 radical (unpaired) electrons. The van der Waals surface area contributed by atoms with Gasteiger partial charge in [-0.05, 0) is 32.0 Å². The van der Waals surface area contributed by atoms with Crippen molar-refractivity contribution in [3.63, 3.8) is 0 Å². The number of fused-ring (bicyclic) bond motifs is 1. The van der Waals surface area contributed by atoms with E-state index in [1.165, 1.54) is 0 Å². The second-order valence-corrected chi connectivity index (χ2v) is 6.23. The van der Waals surface area contributed by atoms with Gasteiger partial charge in [-0.2, -0.15) is 0 Å². The van der Waals surface area contributed by atoms with E-state index in [0.29, 0.717) is 52.5 Å². The fraction of sp³-hybridized carbons (Fsp3) is 0.238. The summed E-state index contributed by atoms with van der Waals surface area (Å²) in [5.74, 6) is 2.32. The number of hydrogen-bond acceptors (Lipinski definition) is 7. The topological polar surface area (TPSA) is 84.2 Å². The SMILES string of the molecule is CCOc1cccc(-c2nc3nc(C)cnc3n2-c2c(OC)cccc2OC)n1. The minimum atomic E-state index is 0.511. The number of aromatic nitrogens is 5. The molecule has 148 valence electrons. The lowest BCUT2D eigenvalue weighted by atomic mass is 10.2. The highest BCUT2D eigenvalue weighted by molar-refractivity contribution is 5.79. The van der Waals surface area contributed by atoms with Crippen LogP contribution in [0.15, 0.2) is 42.6 Å². The Kier molecular flexibility index (Phi) is 4.99. The van der Waals surface area contributed by atoms with Crippen LogP contribution in [0.25, 0.3) is 28.5 Å². The van der Waals surface area contributed by atoms with Crippen molar-refractivity contribution in [1.82, 2.24) is 24.5 Å². The molecule has 3 aromatic heterocycles. The lowest BCUT2D eigenvalue weighted by molar-refractivity contribution is 0.327. The zero-order valence-corrected chi connectivity index (χ0v) is 16.7. The molecule has 0 atom stereocenters. The number of aryl methyl sites for hydroxylation is 1. The van der Waals surface area contributed by atoms with Gasteiger partial charge in [-0.3, -0.25) is 4.57 Å². The van der Waals surface area contributed by atoms with Crippen LogP contribution >= 0.6 is 0 Å². The van der Waals surface area contributed by atoms with Crippen LogP contribution in [0.5, 0.6) is 17.4 Å². The number of hydrogen-bond donors (Lipinski definition) is 0. The fourth-order valence-corrected chi connectivity index (χ4v) is 3.14. The molecule has 0 spiro atoms. The van der Waals surface area contributed by atoms with Gasteiger partial charge in [0.1, 0.15) is 22.9 Å². The molecule has 0 fully saturated rings. The molecule has 0 unspecified atom stereocenters. The Labute approximate surface area is 168 Å². The lowest BCUT2D eigenvalue weighted by Gasteiger charge is -2.16. The van der Waals surface area contributed by atoms with Gasteiger partial charge < -0.3 is 14.2 Å². The molecular weight excluding hydrogens is 370 g/mol. The highest BCUT2D eigenvalue weighted by atomic mass is 16.5. The molecule has 4 aromatic rings. The predicted molar refractivity (Wildman–Crippen MR) is 109 cm³/mol. The average Bonchev–Trinajstić information content (AvgIpc) is 3.11. The molecule has 0 aliphatic heterocycles. The van der Waals surface area contributed by atoms with Gasteiger partial charge in [0.15, 0.2) is 17.1 Å². The van der Waals surface area contributed by atoms with Crippen molar-refractivity contribution in [1.29, 1.82) is 0 Å². The first-order valence-corrected chi connectivity index (χ1v) is 9.20. The molecule has 3 heterocycles. The molecule has 0 saturated heterocycles. The van der Waals surface area contributed by atoms with Crippen LogP contribution in [0, 0.1) is 6.92 Å². The number of para-hydroxylation sites is 1. The van der Waals surface area contributed by atoms with Crippen molar-refractivity contribution in [2.24, 2.45) is 0 Å². The van der Waals surface area contributed by atoms with Gasteiger partial charge >= 0.3 is 0 Å². The van der Waals surface area contributed by atoms with Gasteiger partial charge in [0.25, 0.3) is 0 Å². The van der Waals surface area contributed by atoms with E-state index in [1.54, 1.807) is 20.4 Å². The van der Waals surface area contributed by atoms with Gasteiger partial charge in [0.2, 0.25) is 5.88 Å². The summed E-state index contributed by atoms with van der Waals surface area (Å²) >= 11 is 0. The number of ether oxygens (including phenoxy) is 3. The first-order valence-electron chi connectivity index (χ1n) is 9.20. The number of pyridine rings is 1. The molecular formula is C21H21N5O3. The largest absolute Gasteiger partial charge is 0.494 e. The van der Waals surface area contributed by atoms with Crippen LogP contribution in [0.1, 0.15) is 12.6 Å². The maximum absolute atomic E-state index is 5.62. The van der Waals surface area contributed by atoms with Crippen molar-refractivity contribution >= 4 is 11.3 Å². The first kappa shape index (κ1) is 18.7. The molecule has 0 saturated carbocycles. The predicted octanol–water partition coefficient (Wildman–Crippen LogP) is 3.60. The smallest absolute Gasteiger partial charge is 0.213 e. The van der Waals surface area contributed by atoms with E-state index in [4.69, 9.17) is 19.2 Å². The van der Waals surface area contributed by atoms with Crippen LogP contribution in [-0.2, 0) is 0 Å². The summed E-state index contributed by atoms with van der Waals surface area (Å²) in [5.41, 5.74) is 3.17. The third kappa shape index (κ3) is 3.33. The van der Waals surface area contributed by atoms with Gasteiger partial charge in [-0.25, -0.2) is 19.9 Å². The van der Waals surface area contributed by atoms with Crippen molar-refractivity contribution in [2.45, 2.75) is 13.8 Å². The number of methoxy groups -OCH3 is 2. The third-order valence-corrected chi connectivity index (χ3v) is 4.36. The van der Waals surface area contributed by atoms with Crippen molar-refractivity contribution in [2.75, 3.05) is 20.8 Å². The Balaban J connectivity index is 2.06. The van der Waals surface area contributed by atoms with E-state index in [2.05, 4.69) is 15.0 Å². The number of benzene rings is 1. The molecule has 0 bridgehead atoms. The standard InChI is InChI=1S/C21H21N5O3/c1-5-29-17-11-6-8-14(24-17)20-25-19-21(22-12-13(2)23-19)26(20)18-15(27-3)9-7-10-16(18)28-4/h6-12H,5H2,1-4H3. The second kappa shape index (κ2) is 7.75. The molecule has 0 amide bonds. The van der Waals surface area contributed by atoms with E-state index in [-0.39, 0.29) is 0 Å². The summed E-state index contributed by atoms with van der Waals surface area (Å²) < 4.78 is 18.7. The van der Waals surface area contributed by atoms with E-state index in [1.807, 2.05) is 54.8 Å². The van der Waals surface area contributed by atoms with Gasteiger partial charge in [0.05, 0.1) is 32.7 Å². The van der Waals surface area contributed by atoms with Crippen molar-refractivity contribution < 1.29 is 14.2 Å². The molecule has 8 nitrogen and oxygen atoms in total. The van der Waals surface area contributed by atoms with Crippen LogP contribution in [0.3, 0.4) is 0 Å². The van der Waals surface area contributed by atoms with E-state index < -0.39 is 0 Å². The molecule has 8 heteroatoms. The monoisotopic (exact) mass is 391 g/mol. The number of imidazole rings is 1. The van der Waals surface area contributed by atoms with Gasteiger partial charge in [-0.15, -0.1) is 0 Å². The van der Waals surface area contributed by atoms with Crippen molar-refractivity contribution in [3.8, 4) is 34.6 Å². The molecule has 1 aromatic carbocycles. The zero-order valence-electron chi connectivity index (χ0n) is 16.7. The Hall–Kier alpha value is -3.68. The van der Waals surface area contributed by atoms with E-state index >= 15 is 0 Å². The Morgan fingerprint density at radius 2 is 1.66 bits per heavy atom. The molecule has 0 N–H and O–H groups in total. The van der Waals surface area contributed by atoms with Crippen LogP contribution < -0.4 is 14.2 Å². The third-order valence-electron chi connectivity index (χ3n) is 4.36. The maximum Gasteiger partial charge on any atom is 0.213 e. The number of nitrogens with zero attached hydrogens (tertiary/aromatic N) is 5. The van der Waals surface area contributed by atoms with Crippen LogP contribution in [0.2, 0.25) is 0 Å². The molecule has 4 rings (SSSR count). The summed E-state index contributed by atoms with van der Waals surface area (Å²) in [4.78, 5) is 18.5. The highest BCUT2D eigenvalue weighted by Gasteiger charge is 2.23. The average molecular weight is 391 g/mol. The summed E-state index contributed by atoms with van der Waals surface area (Å²) in [7, 11) is 3.22. The lowest BCUT2D eigenvalue weighted by Crippen LogP contribution is -2.05. The Morgan fingerprint density at radius 3 is 2.34 bits per heavy atom. The molecule has 29 heavy (non-hydrogen) atoms. The number of rotatable bonds is 6. The Bertz CT molecular complexity index is 1150. The van der Waals surface area contributed by atoms with Crippen LogP contribution in [-0.4, -0.2) is 45.3 Å². The summed E-state index contributed by atoms with van der Waals surface area (Å²) in [6, 6.07) is 11.1. The normalized spacial score (nSPS) is 10.9. The van der Waals surface area contributed by atoms with Gasteiger partial charge in [-0.1, -0.05) is 12.1 Å². The summed E-state index contributed by atoms with van der Waals surface area (Å²) in [5, 5.41) is 0. The summed E-state index contributed by atoms with van der Waals surface area (Å²) in [6.07, 6.45) is 1.70. The van der Waals surface area contributed by atoms with E-state index in [0.717, 1.165) is 5.69 Å². The summed E-state index contributed by atoms with van der Waals surface area (Å²) in [6.45, 7) is 4.32. The van der Waals surface area contributed by atoms with Crippen LogP contribution in [0.4, 0.5) is 0 Å². The zero-order chi connectivity index (χ0) is 20.4. The minimum absolute atomic E-state index is 0.511. The molecule has 0 aliphatic carbocycles. The van der Waals surface area contributed by atoms with E-state index in [9.17, 15) is 0 Å².